The lowest BCUT2D eigenvalue weighted by atomic mass is 9.95. The van der Waals surface area contributed by atoms with Gasteiger partial charge in [0.25, 0.3) is 0 Å². The molecule has 5 heteroatoms. The first-order valence-electron chi connectivity index (χ1n) is 8.69. The Kier molecular flexibility index (Phi) is 4.97. The summed E-state index contributed by atoms with van der Waals surface area (Å²) < 4.78 is 5.84. The summed E-state index contributed by atoms with van der Waals surface area (Å²) in [6, 6.07) is 13.9. The molecule has 26 heavy (non-hydrogen) atoms. The van der Waals surface area contributed by atoms with E-state index in [0.29, 0.717) is 19.7 Å². The fraction of sp³-hybridized carbons (Fsp3) is 0.238. The van der Waals surface area contributed by atoms with E-state index >= 15 is 0 Å². The molecule has 0 saturated heterocycles. The van der Waals surface area contributed by atoms with E-state index in [-0.39, 0.29) is 11.8 Å². The van der Waals surface area contributed by atoms with Crippen LogP contribution in [0.3, 0.4) is 0 Å². The second-order valence-corrected chi connectivity index (χ2v) is 7.29. The number of hydrogen-bond donors (Lipinski definition) is 0. The first-order chi connectivity index (χ1) is 12.8. The molecule has 1 aliphatic rings. The summed E-state index contributed by atoms with van der Waals surface area (Å²) in [6.45, 7) is 1.60. The number of carbonyl (C=O) groups excluding carboxylic acids is 1. The van der Waals surface area contributed by atoms with Crippen molar-refractivity contribution >= 4 is 17.2 Å². The van der Waals surface area contributed by atoms with Gasteiger partial charge < -0.3 is 9.64 Å². The number of benzene rings is 1. The van der Waals surface area contributed by atoms with Gasteiger partial charge in [0.2, 0.25) is 5.91 Å². The van der Waals surface area contributed by atoms with Gasteiger partial charge in [-0.05, 0) is 52.1 Å². The molecule has 0 radical (unpaired) electrons. The highest BCUT2D eigenvalue weighted by molar-refractivity contribution is 7.07. The fourth-order valence-electron chi connectivity index (χ4n) is 3.27. The number of para-hydroxylation sites is 1. The van der Waals surface area contributed by atoms with Crippen LogP contribution in [0, 0.1) is 5.92 Å². The van der Waals surface area contributed by atoms with Crippen molar-refractivity contribution in [3.8, 4) is 5.75 Å². The zero-order valence-corrected chi connectivity index (χ0v) is 15.2. The van der Waals surface area contributed by atoms with Gasteiger partial charge in [0.1, 0.15) is 12.4 Å². The van der Waals surface area contributed by atoms with Crippen molar-refractivity contribution in [1.82, 2.24) is 9.88 Å². The molecule has 4 rings (SSSR count). The molecule has 1 atom stereocenters. The Morgan fingerprint density at radius 1 is 1.15 bits per heavy atom. The van der Waals surface area contributed by atoms with E-state index in [1.165, 1.54) is 0 Å². The van der Waals surface area contributed by atoms with E-state index in [9.17, 15) is 4.79 Å². The van der Waals surface area contributed by atoms with Crippen molar-refractivity contribution in [3.63, 3.8) is 0 Å². The van der Waals surface area contributed by atoms with Gasteiger partial charge >= 0.3 is 0 Å². The topological polar surface area (TPSA) is 42.4 Å². The Hall–Kier alpha value is -2.66. The molecule has 4 nitrogen and oxygen atoms in total. The van der Waals surface area contributed by atoms with Crippen LogP contribution in [-0.4, -0.2) is 22.4 Å². The quantitative estimate of drug-likeness (QED) is 0.689. The molecule has 0 bridgehead atoms. The number of thiophene rings is 1. The average molecular weight is 364 g/mol. The molecule has 1 unspecified atom stereocenters. The van der Waals surface area contributed by atoms with Crippen molar-refractivity contribution in [2.45, 2.75) is 19.5 Å². The molecule has 132 valence electrons. The lowest BCUT2D eigenvalue weighted by molar-refractivity contribution is -0.138. The minimum atomic E-state index is -0.153. The highest BCUT2D eigenvalue weighted by atomic mass is 32.1. The molecule has 1 amide bonds. The molecule has 1 aromatic carbocycles. The first-order valence-corrected chi connectivity index (χ1v) is 9.63. The molecule has 0 fully saturated rings. The van der Waals surface area contributed by atoms with Gasteiger partial charge in [0.15, 0.2) is 0 Å². The van der Waals surface area contributed by atoms with E-state index in [4.69, 9.17) is 4.74 Å². The van der Waals surface area contributed by atoms with Gasteiger partial charge in [-0.2, -0.15) is 11.3 Å². The Morgan fingerprint density at radius 2 is 2.04 bits per heavy atom. The van der Waals surface area contributed by atoms with Gasteiger partial charge in [-0.1, -0.05) is 24.3 Å². The second-order valence-electron chi connectivity index (χ2n) is 6.51. The fourth-order valence-corrected chi connectivity index (χ4v) is 3.93. The maximum absolute atomic E-state index is 13.3. The third-order valence-electron chi connectivity index (χ3n) is 4.59. The molecule has 0 N–H and O–H groups in total. The standard InChI is InChI=1S/C21H20N2O2S/c24-21(19-10-18-5-1-2-6-20(18)25-14-19)23(13-17-7-9-26-15-17)12-16-4-3-8-22-11-16/h1-9,11,15,19H,10,12-14H2. The molecule has 2 aromatic heterocycles. The zero-order valence-electron chi connectivity index (χ0n) is 14.4. The predicted molar refractivity (Wildman–Crippen MR) is 102 cm³/mol. The van der Waals surface area contributed by atoms with Crippen LogP contribution in [0.15, 0.2) is 65.6 Å². The maximum atomic E-state index is 13.3. The minimum absolute atomic E-state index is 0.134. The highest BCUT2D eigenvalue weighted by Crippen LogP contribution is 2.28. The zero-order chi connectivity index (χ0) is 17.8. The van der Waals surface area contributed by atoms with Gasteiger partial charge in [-0.25, -0.2) is 0 Å². The molecular weight excluding hydrogens is 344 g/mol. The lowest BCUT2D eigenvalue weighted by Crippen LogP contribution is -2.40. The Bertz CT molecular complexity index is 865. The summed E-state index contributed by atoms with van der Waals surface area (Å²) in [4.78, 5) is 19.4. The van der Waals surface area contributed by atoms with Crippen LogP contribution in [0.1, 0.15) is 16.7 Å². The molecule has 3 aromatic rings. The van der Waals surface area contributed by atoms with Crippen molar-refractivity contribution in [2.75, 3.05) is 6.61 Å². The summed E-state index contributed by atoms with van der Waals surface area (Å²) >= 11 is 1.65. The van der Waals surface area contributed by atoms with E-state index in [0.717, 1.165) is 28.9 Å². The normalized spacial score (nSPS) is 15.8. The first kappa shape index (κ1) is 16.8. The number of aromatic nitrogens is 1. The van der Waals surface area contributed by atoms with Gasteiger partial charge in [0.05, 0.1) is 5.92 Å². The number of pyridine rings is 1. The summed E-state index contributed by atoms with van der Waals surface area (Å²) in [6.07, 6.45) is 4.29. The highest BCUT2D eigenvalue weighted by Gasteiger charge is 2.29. The smallest absolute Gasteiger partial charge is 0.230 e. The predicted octanol–water partition coefficient (Wildman–Crippen LogP) is 3.92. The largest absolute Gasteiger partial charge is 0.492 e. The molecule has 3 heterocycles. The van der Waals surface area contributed by atoms with Crippen LogP contribution >= 0.6 is 11.3 Å². The Labute approximate surface area is 157 Å². The number of nitrogens with zero attached hydrogens (tertiary/aromatic N) is 2. The molecule has 0 spiro atoms. The molecular formula is C21H20N2O2S. The summed E-state index contributed by atoms with van der Waals surface area (Å²) in [5, 5.41) is 4.14. The van der Waals surface area contributed by atoms with Gasteiger partial charge in [-0.15, -0.1) is 0 Å². The third kappa shape index (κ3) is 3.78. The van der Waals surface area contributed by atoms with Gasteiger partial charge in [0, 0.05) is 25.5 Å². The van der Waals surface area contributed by atoms with Crippen molar-refractivity contribution in [1.29, 1.82) is 0 Å². The lowest BCUT2D eigenvalue weighted by Gasteiger charge is -2.30. The average Bonchev–Trinajstić information content (AvgIpc) is 3.20. The second kappa shape index (κ2) is 7.70. The van der Waals surface area contributed by atoms with Crippen LogP contribution in [-0.2, 0) is 24.3 Å². The van der Waals surface area contributed by atoms with E-state index in [2.05, 4.69) is 16.4 Å². The van der Waals surface area contributed by atoms with Crippen molar-refractivity contribution < 1.29 is 9.53 Å². The van der Waals surface area contributed by atoms with Crippen LogP contribution in [0.25, 0.3) is 0 Å². The number of ether oxygens (including phenoxy) is 1. The van der Waals surface area contributed by atoms with E-state index in [1.54, 1.807) is 17.5 Å². The number of hydrogen-bond acceptors (Lipinski definition) is 4. The monoisotopic (exact) mass is 364 g/mol. The summed E-state index contributed by atoms with van der Waals surface area (Å²) in [5.41, 5.74) is 3.30. The van der Waals surface area contributed by atoms with E-state index < -0.39 is 0 Å². The minimum Gasteiger partial charge on any atom is -0.492 e. The summed E-state index contributed by atoms with van der Waals surface area (Å²) in [7, 11) is 0. The van der Waals surface area contributed by atoms with Crippen molar-refractivity contribution in [2.24, 2.45) is 5.92 Å². The maximum Gasteiger partial charge on any atom is 0.230 e. The van der Waals surface area contributed by atoms with Crippen LogP contribution in [0.2, 0.25) is 0 Å². The Balaban J connectivity index is 1.54. The molecule has 0 aliphatic carbocycles. The van der Waals surface area contributed by atoms with Crippen molar-refractivity contribution in [3.05, 3.63) is 82.3 Å². The van der Waals surface area contributed by atoms with E-state index in [1.807, 2.05) is 52.9 Å². The number of amides is 1. The SMILES string of the molecule is O=C(C1COc2ccccc2C1)N(Cc1cccnc1)Cc1ccsc1. The van der Waals surface area contributed by atoms with Crippen LogP contribution < -0.4 is 4.74 Å². The molecule has 1 aliphatic heterocycles. The number of carbonyl (C=O) groups is 1. The van der Waals surface area contributed by atoms with Gasteiger partial charge in [-0.3, -0.25) is 9.78 Å². The summed E-state index contributed by atoms with van der Waals surface area (Å²) in [5.74, 6) is 0.878. The van der Waals surface area contributed by atoms with Crippen LogP contribution in [0.5, 0.6) is 5.75 Å². The Morgan fingerprint density at radius 3 is 2.85 bits per heavy atom. The third-order valence-corrected chi connectivity index (χ3v) is 5.32. The van der Waals surface area contributed by atoms with Crippen LogP contribution in [0.4, 0.5) is 0 Å². The number of fused-ring (bicyclic) bond motifs is 1. The number of rotatable bonds is 5. The molecule has 0 saturated carbocycles.